The van der Waals surface area contributed by atoms with Gasteiger partial charge in [0, 0.05) is 12.5 Å². The van der Waals surface area contributed by atoms with Crippen LogP contribution in [0.25, 0.3) is 11.4 Å². The molecule has 0 saturated carbocycles. The van der Waals surface area contributed by atoms with Gasteiger partial charge in [0.25, 0.3) is 0 Å². The van der Waals surface area contributed by atoms with E-state index < -0.39 is 23.1 Å². The van der Waals surface area contributed by atoms with Crippen LogP contribution in [-0.2, 0) is 6.18 Å². The normalized spacial score (nSPS) is 17.0. The second kappa shape index (κ2) is 7.98. The monoisotopic (exact) mass is 399 g/mol. The number of phenolic OH excluding ortho intramolecular Hbond substituents is 1. The zero-order valence-electron chi connectivity index (χ0n) is 14.0. The van der Waals surface area contributed by atoms with Gasteiger partial charge in [-0.15, -0.1) is 12.4 Å². The van der Waals surface area contributed by atoms with Crippen molar-refractivity contribution in [2.24, 2.45) is 0 Å². The number of aromatic nitrogens is 2. The summed E-state index contributed by atoms with van der Waals surface area (Å²) in [5.41, 5.74) is 4.59. The van der Waals surface area contributed by atoms with Crippen molar-refractivity contribution in [1.82, 2.24) is 15.3 Å². The number of hydrogen-bond acceptors (Lipinski definition) is 6. The molecule has 0 aliphatic carbocycles. The van der Waals surface area contributed by atoms with Crippen LogP contribution >= 0.6 is 12.4 Å². The molecule has 0 radical (unpaired) electrons. The van der Waals surface area contributed by atoms with E-state index in [1.54, 1.807) is 0 Å². The number of rotatable bonds is 2. The van der Waals surface area contributed by atoms with Gasteiger partial charge in [-0.1, -0.05) is 6.07 Å². The maximum absolute atomic E-state index is 13.4. The van der Waals surface area contributed by atoms with Crippen molar-refractivity contribution in [1.29, 1.82) is 5.26 Å². The molecule has 1 unspecified atom stereocenters. The van der Waals surface area contributed by atoms with Crippen LogP contribution in [0.15, 0.2) is 18.2 Å². The van der Waals surface area contributed by atoms with Gasteiger partial charge in [0.05, 0.1) is 16.8 Å². The Kier molecular flexibility index (Phi) is 6.13. The van der Waals surface area contributed by atoms with E-state index in [4.69, 9.17) is 5.73 Å². The van der Waals surface area contributed by atoms with E-state index in [1.165, 1.54) is 0 Å². The summed E-state index contributed by atoms with van der Waals surface area (Å²) in [4.78, 5) is 8.09. The Bertz CT molecular complexity index is 876. The first-order valence-electron chi connectivity index (χ1n) is 8.00. The second-order valence-electron chi connectivity index (χ2n) is 6.05. The lowest BCUT2D eigenvalue weighted by atomic mass is 9.92. The highest BCUT2D eigenvalue weighted by Gasteiger charge is 2.36. The lowest BCUT2D eigenvalue weighted by molar-refractivity contribution is -0.137. The summed E-state index contributed by atoms with van der Waals surface area (Å²) in [6.07, 6.45) is -3.13. The summed E-state index contributed by atoms with van der Waals surface area (Å²) in [6, 6.07) is 5.01. The van der Waals surface area contributed by atoms with Crippen molar-refractivity contribution >= 4 is 18.2 Å². The minimum atomic E-state index is -4.70. The van der Waals surface area contributed by atoms with Gasteiger partial charge in [0.2, 0.25) is 0 Å². The molecule has 1 aliphatic rings. The molecule has 0 spiro atoms. The minimum absolute atomic E-state index is 0. The Morgan fingerprint density at radius 2 is 2.04 bits per heavy atom. The highest BCUT2D eigenvalue weighted by Crippen LogP contribution is 2.41. The number of nitrogens with one attached hydrogen (secondary N) is 1. The third-order valence-corrected chi connectivity index (χ3v) is 4.33. The lowest BCUT2D eigenvalue weighted by Crippen LogP contribution is -2.29. The molecule has 1 fully saturated rings. The Labute approximate surface area is 159 Å². The molecule has 1 aromatic heterocycles. The first-order valence-corrected chi connectivity index (χ1v) is 8.00. The van der Waals surface area contributed by atoms with Gasteiger partial charge in [0.1, 0.15) is 23.2 Å². The Morgan fingerprint density at radius 3 is 2.63 bits per heavy atom. The number of anilines is 1. The van der Waals surface area contributed by atoms with Gasteiger partial charge < -0.3 is 16.2 Å². The zero-order valence-corrected chi connectivity index (χ0v) is 14.9. The summed E-state index contributed by atoms with van der Waals surface area (Å²) in [7, 11) is 0. The third-order valence-electron chi connectivity index (χ3n) is 4.33. The number of benzene rings is 1. The fourth-order valence-electron chi connectivity index (χ4n) is 3.11. The first kappa shape index (κ1) is 20.7. The molecular formula is C17H17ClF3N5O. The van der Waals surface area contributed by atoms with Gasteiger partial charge in [0.15, 0.2) is 5.82 Å². The summed E-state index contributed by atoms with van der Waals surface area (Å²) in [5.74, 6) is -1.30. The predicted octanol–water partition coefficient (Wildman–Crippen LogP) is 3.21. The molecule has 2 heterocycles. The molecule has 3 rings (SSSR count). The fraction of sp³-hybridized carbons (Fsp3) is 0.353. The van der Waals surface area contributed by atoms with E-state index in [1.807, 2.05) is 6.07 Å². The second-order valence-corrected chi connectivity index (χ2v) is 6.05. The highest BCUT2D eigenvalue weighted by molar-refractivity contribution is 5.85. The van der Waals surface area contributed by atoms with Crippen molar-refractivity contribution < 1.29 is 18.3 Å². The van der Waals surface area contributed by atoms with Crippen LogP contribution in [0, 0.1) is 11.3 Å². The van der Waals surface area contributed by atoms with Gasteiger partial charge in [-0.3, -0.25) is 0 Å². The maximum atomic E-state index is 13.4. The summed E-state index contributed by atoms with van der Waals surface area (Å²) in [5, 5.41) is 22.6. The van der Waals surface area contributed by atoms with Gasteiger partial charge in [-0.2, -0.15) is 18.4 Å². The van der Waals surface area contributed by atoms with Crippen molar-refractivity contribution in [2.45, 2.75) is 24.9 Å². The summed E-state index contributed by atoms with van der Waals surface area (Å²) in [6.45, 7) is 1.36. The van der Waals surface area contributed by atoms with Crippen molar-refractivity contribution in [2.75, 3.05) is 18.8 Å². The van der Waals surface area contributed by atoms with Crippen LogP contribution in [0.4, 0.5) is 19.0 Å². The molecule has 4 N–H and O–H groups in total. The van der Waals surface area contributed by atoms with E-state index in [9.17, 15) is 23.5 Å². The molecule has 0 amide bonds. The molecule has 2 aromatic rings. The molecule has 1 atom stereocenters. The number of nitrogens with zero attached hydrogens (tertiary/aromatic N) is 3. The Balaban J connectivity index is 0.00000261. The number of piperidine rings is 1. The smallest absolute Gasteiger partial charge is 0.417 e. The molecular weight excluding hydrogens is 383 g/mol. The standard InChI is InChI=1S/C17H16F3N5O.ClH/c18-17(19,20)11-4-1-5-12(26)13(11)16-24-14(9-3-2-6-23-8-9)10(7-21)15(22)25-16;/h1,4-5,9,23,26H,2-3,6,8H2,(H2,22,24,25);1H. The highest BCUT2D eigenvalue weighted by atomic mass is 35.5. The van der Waals surface area contributed by atoms with E-state index in [0.717, 1.165) is 37.6 Å². The molecule has 27 heavy (non-hydrogen) atoms. The van der Waals surface area contributed by atoms with E-state index in [2.05, 4.69) is 15.3 Å². The maximum Gasteiger partial charge on any atom is 0.417 e. The number of nitrogens with two attached hydrogens (primary N) is 1. The van der Waals surface area contributed by atoms with Gasteiger partial charge >= 0.3 is 6.18 Å². The summed E-state index contributed by atoms with van der Waals surface area (Å²) < 4.78 is 40.1. The van der Waals surface area contributed by atoms with E-state index >= 15 is 0 Å². The zero-order chi connectivity index (χ0) is 18.9. The Morgan fingerprint density at radius 1 is 1.30 bits per heavy atom. The summed E-state index contributed by atoms with van der Waals surface area (Å²) >= 11 is 0. The Hall–Kier alpha value is -2.57. The predicted molar refractivity (Wildman–Crippen MR) is 95.4 cm³/mol. The van der Waals surface area contributed by atoms with Crippen molar-refractivity contribution in [3.63, 3.8) is 0 Å². The number of hydrogen-bond donors (Lipinski definition) is 3. The van der Waals surface area contributed by atoms with Crippen LogP contribution in [0.1, 0.15) is 35.6 Å². The molecule has 1 saturated heterocycles. The van der Waals surface area contributed by atoms with Crippen LogP contribution in [0.2, 0.25) is 0 Å². The topological polar surface area (TPSA) is 108 Å². The quantitative estimate of drug-likeness (QED) is 0.715. The fourth-order valence-corrected chi connectivity index (χ4v) is 3.11. The molecule has 0 bridgehead atoms. The number of phenols is 1. The molecule has 10 heteroatoms. The average molecular weight is 400 g/mol. The number of aromatic hydroxyl groups is 1. The average Bonchev–Trinajstić information content (AvgIpc) is 2.60. The van der Waals surface area contributed by atoms with Crippen molar-refractivity contribution in [3.05, 3.63) is 35.0 Å². The lowest BCUT2D eigenvalue weighted by Gasteiger charge is -2.24. The van der Waals surface area contributed by atoms with Crippen LogP contribution in [-0.4, -0.2) is 28.2 Å². The van der Waals surface area contributed by atoms with Crippen LogP contribution in [0.5, 0.6) is 5.75 Å². The van der Waals surface area contributed by atoms with Gasteiger partial charge in [-0.05, 0) is 31.5 Å². The number of alkyl halides is 3. The molecule has 144 valence electrons. The number of nitrogen functional groups attached to an aromatic ring is 1. The van der Waals surface area contributed by atoms with Crippen LogP contribution in [0.3, 0.4) is 0 Å². The third kappa shape index (κ3) is 4.07. The number of halogens is 4. The first-order chi connectivity index (χ1) is 12.3. The number of nitriles is 1. The van der Waals surface area contributed by atoms with Gasteiger partial charge in [-0.25, -0.2) is 9.97 Å². The van der Waals surface area contributed by atoms with Crippen molar-refractivity contribution in [3.8, 4) is 23.2 Å². The largest absolute Gasteiger partial charge is 0.507 e. The minimum Gasteiger partial charge on any atom is -0.507 e. The molecule has 6 nitrogen and oxygen atoms in total. The molecule has 1 aromatic carbocycles. The molecule has 1 aliphatic heterocycles. The van der Waals surface area contributed by atoms with E-state index in [0.29, 0.717) is 12.2 Å². The van der Waals surface area contributed by atoms with E-state index in [-0.39, 0.29) is 35.5 Å². The SMILES string of the molecule is Cl.N#Cc1c(N)nc(-c2c(O)cccc2C(F)(F)F)nc1C1CCCNC1. The van der Waals surface area contributed by atoms with Crippen LogP contribution < -0.4 is 11.1 Å².